The molecule has 0 aliphatic heterocycles. The van der Waals surface area contributed by atoms with E-state index in [9.17, 15) is 13.2 Å². The van der Waals surface area contributed by atoms with Crippen LogP contribution in [-0.2, 0) is 23.1 Å². The highest BCUT2D eigenvalue weighted by atomic mass is 32.2. The van der Waals surface area contributed by atoms with E-state index in [1.165, 1.54) is 39.4 Å². The number of hydrogen-bond acceptors (Lipinski definition) is 7. The van der Waals surface area contributed by atoms with Crippen LogP contribution in [0.3, 0.4) is 0 Å². The van der Waals surface area contributed by atoms with Gasteiger partial charge in [-0.05, 0) is 26.0 Å². The highest BCUT2D eigenvalue weighted by molar-refractivity contribution is 7.89. The molecule has 0 atom stereocenters. The summed E-state index contributed by atoms with van der Waals surface area (Å²) in [4.78, 5) is 17.4. The Bertz CT molecular complexity index is 1330. The van der Waals surface area contributed by atoms with E-state index in [-0.39, 0.29) is 23.5 Å². The molecule has 29 heavy (non-hydrogen) atoms. The number of furan rings is 1. The maximum absolute atomic E-state index is 13.1. The second-order valence-corrected chi connectivity index (χ2v) is 9.49. The lowest BCUT2D eigenvalue weighted by Gasteiger charge is -2.16. The molecule has 0 bridgehead atoms. The SMILES string of the molecule is Cc1nn(Cc2cc(=O)n3ccsc3n2)c(C)c1S(=O)(=O)N(C)Cc1ccco1. The molecule has 9 nitrogen and oxygen atoms in total. The number of nitrogens with zero attached hydrogens (tertiary/aromatic N) is 5. The number of thiazole rings is 1. The molecule has 0 aromatic carbocycles. The van der Waals surface area contributed by atoms with Crippen molar-refractivity contribution in [3.8, 4) is 0 Å². The first kappa shape index (κ1) is 19.6. The summed E-state index contributed by atoms with van der Waals surface area (Å²) < 4.78 is 35.8. The molecule has 0 unspecified atom stereocenters. The Balaban J connectivity index is 1.67. The summed E-state index contributed by atoms with van der Waals surface area (Å²) in [6.45, 7) is 3.67. The second kappa shape index (κ2) is 7.25. The minimum atomic E-state index is -3.78. The zero-order valence-electron chi connectivity index (χ0n) is 16.1. The highest BCUT2D eigenvalue weighted by Crippen LogP contribution is 2.24. The first-order valence-electron chi connectivity index (χ1n) is 8.76. The van der Waals surface area contributed by atoms with Crippen LogP contribution >= 0.6 is 11.3 Å². The van der Waals surface area contributed by atoms with E-state index >= 15 is 0 Å². The molecule has 0 saturated heterocycles. The standard InChI is InChI=1S/C18H19N5O4S2/c1-12-17(29(25,26)21(3)11-15-5-4-7-27-15)13(2)23(20-12)10-14-9-16(24)22-6-8-28-18(22)19-14/h4-9H,10-11H2,1-3H3. The summed E-state index contributed by atoms with van der Waals surface area (Å²) in [5.74, 6) is 0.549. The zero-order valence-corrected chi connectivity index (χ0v) is 17.7. The number of aryl methyl sites for hydroxylation is 1. The van der Waals surface area contributed by atoms with Gasteiger partial charge in [0.1, 0.15) is 10.7 Å². The van der Waals surface area contributed by atoms with Gasteiger partial charge in [-0.15, -0.1) is 11.3 Å². The van der Waals surface area contributed by atoms with Crippen LogP contribution in [0, 0.1) is 13.8 Å². The Morgan fingerprint density at radius 3 is 2.83 bits per heavy atom. The van der Waals surface area contributed by atoms with Crippen molar-refractivity contribution >= 4 is 26.3 Å². The summed E-state index contributed by atoms with van der Waals surface area (Å²) in [6.07, 6.45) is 3.17. The Morgan fingerprint density at radius 1 is 1.31 bits per heavy atom. The molecule has 0 aliphatic rings. The van der Waals surface area contributed by atoms with Crippen LogP contribution in [-0.4, -0.2) is 38.9 Å². The normalized spacial score (nSPS) is 12.3. The maximum Gasteiger partial charge on any atom is 0.258 e. The molecule has 152 valence electrons. The highest BCUT2D eigenvalue weighted by Gasteiger charge is 2.29. The van der Waals surface area contributed by atoms with E-state index in [0.29, 0.717) is 27.8 Å². The summed E-state index contributed by atoms with van der Waals surface area (Å²) in [7, 11) is -2.27. The zero-order chi connectivity index (χ0) is 20.8. The van der Waals surface area contributed by atoms with E-state index in [0.717, 1.165) is 0 Å². The van der Waals surface area contributed by atoms with Crippen molar-refractivity contribution in [2.24, 2.45) is 0 Å². The summed E-state index contributed by atoms with van der Waals surface area (Å²) in [5.41, 5.74) is 1.22. The molecule has 0 spiro atoms. The third-order valence-corrected chi connectivity index (χ3v) is 7.42. The lowest BCUT2D eigenvalue weighted by Crippen LogP contribution is -2.27. The van der Waals surface area contributed by atoms with Crippen molar-refractivity contribution in [3.63, 3.8) is 0 Å². The van der Waals surface area contributed by atoms with Crippen LogP contribution in [0.4, 0.5) is 0 Å². The first-order chi connectivity index (χ1) is 13.8. The van der Waals surface area contributed by atoms with Crippen LogP contribution in [0.2, 0.25) is 0 Å². The van der Waals surface area contributed by atoms with E-state index < -0.39 is 10.0 Å². The van der Waals surface area contributed by atoms with Crippen molar-refractivity contribution in [2.45, 2.75) is 31.8 Å². The summed E-state index contributed by atoms with van der Waals surface area (Å²) in [5, 5.41) is 6.18. The lowest BCUT2D eigenvalue weighted by molar-refractivity contribution is 0.406. The molecule has 4 heterocycles. The van der Waals surface area contributed by atoms with Crippen LogP contribution < -0.4 is 5.56 Å². The van der Waals surface area contributed by atoms with Gasteiger partial charge in [-0.3, -0.25) is 13.9 Å². The molecule has 0 fully saturated rings. The van der Waals surface area contributed by atoms with Crippen molar-refractivity contribution in [1.29, 1.82) is 0 Å². The Labute approximate surface area is 170 Å². The topological polar surface area (TPSA) is 103 Å². The van der Waals surface area contributed by atoms with E-state index in [1.807, 2.05) is 0 Å². The fraction of sp³-hybridized carbons (Fsp3) is 0.278. The van der Waals surface area contributed by atoms with Gasteiger partial charge in [0.25, 0.3) is 5.56 Å². The molecule has 4 aromatic rings. The van der Waals surface area contributed by atoms with Gasteiger partial charge in [-0.1, -0.05) is 0 Å². The minimum absolute atomic E-state index is 0.118. The third-order valence-electron chi connectivity index (χ3n) is 4.61. The molecule has 0 radical (unpaired) electrons. The summed E-state index contributed by atoms with van der Waals surface area (Å²) in [6, 6.07) is 4.87. The fourth-order valence-corrected chi connectivity index (χ4v) is 5.43. The molecule has 0 saturated carbocycles. The van der Waals surface area contributed by atoms with E-state index in [2.05, 4.69) is 10.1 Å². The van der Waals surface area contributed by atoms with Crippen LogP contribution in [0.25, 0.3) is 4.96 Å². The number of fused-ring (bicyclic) bond motifs is 1. The molecule has 4 aromatic heterocycles. The Kier molecular flexibility index (Phi) is 4.89. The van der Waals surface area contributed by atoms with E-state index in [4.69, 9.17) is 4.42 Å². The Morgan fingerprint density at radius 2 is 2.10 bits per heavy atom. The van der Waals surface area contributed by atoms with Gasteiger partial charge in [0.15, 0.2) is 4.96 Å². The van der Waals surface area contributed by atoms with Crippen molar-refractivity contribution in [3.05, 3.63) is 69.2 Å². The Hall–Kier alpha value is -2.76. The molecule has 0 N–H and O–H groups in total. The molecule has 4 rings (SSSR count). The predicted molar refractivity (Wildman–Crippen MR) is 108 cm³/mol. The minimum Gasteiger partial charge on any atom is -0.468 e. The fourth-order valence-electron chi connectivity index (χ4n) is 3.19. The van der Waals surface area contributed by atoms with Gasteiger partial charge < -0.3 is 4.42 Å². The molecule has 0 aliphatic carbocycles. The van der Waals surface area contributed by atoms with Crippen LogP contribution in [0.15, 0.2) is 50.1 Å². The number of hydrogen-bond donors (Lipinski definition) is 0. The maximum atomic E-state index is 13.1. The monoisotopic (exact) mass is 433 g/mol. The average Bonchev–Trinajstić information content (AvgIpc) is 3.37. The summed E-state index contributed by atoms with van der Waals surface area (Å²) >= 11 is 1.36. The van der Waals surface area contributed by atoms with E-state index in [1.54, 1.807) is 42.2 Å². The van der Waals surface area contributed by atoms with Gasteiger partial charge in [0.05, 0.1) is 36.4 Å². The van der Waals surface area contributed by atoms with Crippen molar-refractivity contribution in [2.75, 3.05) is 7.05 Å². The lowest BCUT2D eigenvalue weighted by atomic mass is 10.3. The number of rotatable bonds is 6. The number of sulfonamides is 1. The van der Waals surface area contributed by atoms with Crippen molar-refractivity contribution < 1.29 is 12.8 Å². The van der Waals surface area contributed by atoms with Gasteiger partial charge in [0, 0.05) is 24.7 Å². The van der Waals surface area contributed by atoms with Crippen molar-refractivity contribution in [1.82, 2.24) is 23.5 Å². The first-order valence-corrected chi connectivity index (χ1v) is 11.1. The van der Waals surface area contributed by atoms with Gasteiger partial charge >= 0.3 is 0 Å². The smallest absolute Gasteiger partial charge is 0.258 e. The van der Waals surface area contributed by atoms with Crippen LogP contribution in [0.5, 0.6) is 0 Å². The average molecular weight is 434 g/mol. The third kappa shape index (κ3) is 3.52. The van der Waals surface area contributed by atoms with Gasteiger partial charge in [-0.2, -0.15) is 9.40 Å². The molecule has 11 heteroatoms. The quantitative estimate of drug-likeness (QED) is 0.461. The number of aromatic nitrogens is 4. The van der Waals surface area contributed by atoms with Gasteiger partial charge in [-0.25, -0.2) is 13.4 Å². The predicted octanol–water partition coefficient (Wildman–Crippen LogP) is 2.03. The second-order valence-electron chi connectivity index (χ2n) is 6.64. The molecular formula is C18H19N5O4S2. The largest absolute Gasteiger partial charge is 0.468 e. The van der Waals surface area contributed by atoms with Crippen LogP contribution in [0.1, 0.15) is 22.8 Å². The molecular weight excluding hydrogens is 414 g/mol. The van der Waals surface area contributed by atoms with Gasteiger partial charge in [0.2, 0.25) is 10.0 Å². The molecule has 0 amide bonds.